The van der Waals surface area contributed by atoms with Gasteiger partial charge in [-0.15, -0.1) is 0 Å². The quantitative estimate of drug-likeness (QED) is 0.737. The van der Waals surface area contributed by atoms with Crippen LogP contribution in [-0.4, -0.2) is 33.6 Å². The summed E-state index contributed by atoms with van der Waals surface area (Å²) in [4.78, 5) is 0. The van der Waals surface area contributed by atoms with E-state index < -0.39 is 5.60 Å². The lowest BCUT2D eigenvalue weighted by Crippen LogP contribution is -2.50. The van der Waals surface area contributed by atoms with Gasteiger partial charge in [0.05, 0.1) is 11.3 Å². The summed E-state index contributed by atoms with van der Waals surface area (Å²) in [5, 5.41) is 18.1. The highest BCUT2D eigenvalue weighted by atomic mass is 16.3. The number of hydrogen-bond donors (Lipinski definition) is 2. The first kappa shape index (κ1) is 10.6. The van der Waals surface area contributed by atoms with Crippen molar-refractivity contribution in [1.82, 2.24) is 15.1 Å². The van der Waals surface area contributed by atoms with E-state index >= 15 is 0 Å². The van der Waals surface area contributed by atoms with E-state index in [4.69, 9.17) is 0 Å². The Kier molecular flexibility index (Phi) is 2.80. The Morgan fingerprint density at radius 3 is 3.13 bits per heavy atom. The predicted molar refractivity (Wildman–Crippen MR) is 58.5 cm³/mol. The largest absolute Gasteiger partial charge is 0.389 e. The van der Waals surface area contributed by atoms with Crippen molar-refractivity contribution in [2.24, 2.45) is 13.0 Å². The topological polar surface area (TPSA) is 50.1 Å². The molecule has 4 nitrogen and oxygen atoms in total. The summed E-state index contributed by atoms with van der Waals surface area (Å²) in [6.45, 7) is 3.88. The Labute approximate surface area is 90.3 Å². The monoisotopic (exact) mass is 209 g/mol. The molecule has 1 aliphatic heterocycles. The fraction of sp³-hybridized carbons (Fsp3) is 0.727. The van der Waals surface area contributed by atoms with Gasteiger partial charge in [0.1, 0.15) is 0 Å². The van der Waals surface area contributed by atoms with Gasteiger partial charge >= 0.3 is 0 Å². The molecule has 2 atom stereocenters. The third kappa shape index (κ3) is 2.21. The molecule has 0 saturated carbocycles. The standard InChI is InChI=1S/C11H19N3O/c1-9-8-12-5-4-11(9,15)7-10-3-6-14(2)13-10/h3,6,9,12,15H,4-5,7-8H2,1-2H3. The molecule has 0 radical (unpaired) electrons. The van der Waals surface area contributed by atoms with Gasteiger partial charge in [0, 0.05) is 26.2 Å². The second-order valence-corrected chi connectivity index (χ2v) is 4.62. The third-order valence-corrected chi connectivity index (χ3v) is 3.36. The lowest BCUT2D eigenvalue weighted by atomic mass is 9.79. The van der Waals surface area contributed by atoms with Crippen LogP contribution < -0.4 is 5.32 Å². The molecule has 2 unspecified atom stereocenters. The number of nitrogens with zero attached hydrogens (tertiary/aromatic N) is 2. The third-order valence-electron chi connectivity index (χ3n) is 3.36. The van der Waals surface area contributed by atoms with E-state index in [1.54, 1.807) is 4.68 Å². The molecule has 4 heteroatoms. The van der Waals surface area contributed by atoms with E-state index in [1.165, 1.54) is 0 Å². The fourth-order valence-electron chi connectivity index (χ4n) is 2.19. The normalized spacial score (nSPS) is 31.8. The number of aryl methyl sites for hydroxylation is 1. The van der Waals surface area contributed by atoms with Crippen LogP contribution in [0.15, 0.2) is 12.3 Å². The van der Waals surface area contributed by atoms with Gasteiger partial charge in [-0.05, 0) is 24.9 Å². The minimum atomic E-state index is -0.584. The second kappa shape index (κ2) is 3.94. The maximum Gasteiger partial charge on any atom is 0.0753 e. The van der Waals surface area contributed by atoms with Crippen molar-refractivity contribution in [1.29, 1.82) is 0 Å². The van der Waals surface area contributed by atoms with Crippen molar-refractivity contribution >= 4 is 0 Å². The molecule has 84 valence electrons. The van der Waals surface area contributed by atoms with Crippen molar-refractivity contribution in [2.75, 3.05) is 13.1 Å². The molecule has 0 spiro atoms. The zero-order valence-corrected chi connectivity index (χ0v) is 9.40. The van der Waals surface area contributed by atoms with Crippen LogP contribution in [0.4, 0.5) is 0 Å². The second-order valence-electron chi connectivity index (χ2n) is 4.62. The van der Waals surface area contributed by atoms with Crippen molar-refractivity contribution < 1.29 is 5.11 Å². The molecule has 0 aliphatic carbocycles. The summed E-state index contributed by atoms with van der Waals surface area (Å²) in [6, 6.07) is 1.98. The van der Waals surface area contributed by atoms with Crippen LogP contribution in [0.3, 0.4) is 0 Å². The average Bonchev–Trinajstić information content (AvgIpc) is 2.57. The molecule has 2 heterocycles. The first-order chi connectivity index (χ1) is 7.10. The summed E-state index contributed by atoms with van der Waals surface area (Å²) in [7, 11) is 1.90. The van der Waals surface area contributed by atoms with E-state index in [0.717, 1.165) is 25.2 Å². The van der Waals surface area contributed by atoms with E-state index in [-0.39, 0.29) is 5.92 Å². The highest BCUT2D eigenvalue weighted by molar-refractivity contribution is 5.06. The Hall–Kier alpha value is -0.870. The van der Waals surface area contributed by atoms with Gasteiger partial charge in [-0.25, -0.2) is 0 Å². The Bertz CT molecular complexity index is 336. The SMILES string of the molecule is CC1CNCCC1(O)Cc1ccn(C)n1. The molecule has 0 aromatic carbocycles. The minimum absolute atomic E-state index is 0.285. The molecular formula is C11H19N3O. The highest BCUT2D eigenvalue weighted by Gasteiger charge is 2.36. The summed E-state index contributed by atoms with van der Waals surface area (Å²) in [5.41, 5.74) is 0.397. The molecular weight excluding hydrogens is 190 g/mol. The van der Waals surface area contributed by atoms with E-state index in [1.807, 2.05) is 19.3 Å². The summed E-state index contributed by atoms with van der Waals surface area (Å²) in [5.74, 6) is 0.285. The Morgan fingerprint density at radius 2 is 2.53 bits per heavy atom. The van der Waals surface area contributed by atoms with Gasteiger partial charge in [-0.3, -0.25) is 4.68 Å². The Morgan fingerprint density at radius 1 is 1.73 bits per heavy atom. The number of hydrogen-bond acceptors (Lipinski definition) is 3. The molecule has 1 saturated heterocycles. The molecule has 1 aromatic heterocycles. The molecule has 2 N–H and O–H groups in total. The van der Waals surface area contributed by atoms with Crippen LogP contribution in [0.25, 0.3) is 0 Å². The summed E-state index contributed by atoms with van der Waals surface area (Å²) in [6.07, 6.45) is 3.39. The Balaban J connectivity index is 2.08. The lowest BCUT2D eigenvalue weighted by Gasteiger charge is -2.38. The zero-order chi connectivity index (χ0) is 10.9. The van der Waals surface area contributed by atoms with Crippen molar-refractivity contribution in [3.05, 3.63) is 18.0 Å². The first-order valence-electron chi connectivity index (χ1n) is 5.52. The van der Waals surface area contributed by atoms with Crippen molar-refractivity contribution in [2.45, 2.75) is 25.4 Å². The van der Waals surface area contributed by atoms with E-state index in [2.05, 4.69) is 17.3 Å². The van der Waals surface area contributed by atoms with Gasteiger partial charge in [0.25, 0.3) is 0 Å². The maximum absolute atomic E-state index is 10.5. The first-order valence-corrected chi connectivity index (χ1v) is 5.52. The summed E-state index contributed by atoms with van der Waals surface area (Å²) >= 11 is 0. The number of piperidine rings is 1. The van der Waals surface area contributed by atoms with Gasteiger partial charge < -0.3 is 10.4 Å². The van der Waals surface area contributed by atoms with Crippen LogP contribution in [0.5, 0.6) is 0 Å². The van der Waals surface area contributed by atoms with Crippen LogP contribution >= 0.6 is 0 Å². The van der Waals surface area contributed by atoms with Crippen molar-refractivity contribution in [3.8, 4) is 0 Å². The van der Waals surface area contributed by atoms with Crippen LogP contribution in [0, 0.1) is 5.92 Å². The average molecular weight is 209 g/mol. The number of rotatable bonds is 2. The van der Waals surface area contributed by atoms with Gasteiger partial charge in [0.15, 0.2) is 0 Å². The molecule has 1 aromatic rings. The highest BCUT2D eigenvalue weighted by Crippen LogP contribution is 2.27. The molecule has 15 heavy (non-hydrogen) atoms. The smallest absolute Gasteiger partial charge is 0.0753 e. The van der Waals surface area contributed by atoms with E-state index in [0.29, 0.717) is 6.42 Å². The molecule has 1 fully saturated rings. The van der Waals surface area contributed by atoms with Crippen LogP contribution in [-0.2, 0) is 13.5 Å². The van der Waals surface area contributed by atoms with Gasteiger partial charge in [-0.1, -0.05) is 6.92 Å². The van der Waals surface area contributed by atoms with Gasteiger partial charge in [0.2, 0.25) is 0 Å². The predicted octanol–water partition coefficient (Wildman–Crippen LogP) is 0.323. The minimum Gasteiger partial charge on any atom is -0.389 e. The molecule has 0 amide bonds. The van der Waals surface area contributed by atoms with Crippen molar-refractivity contribution in [3.63, 3.8) is 0 Å². The lowest BCUT2D eigenvalue weighted by molar-refractivity contribution is -0.0337. The van der Waals surface area contributed by atoms with Crippen LogP contribution in [0.1, 0.15) is 19.0 Å². The molecule has 2 rings (SSSR count). The van der Waals surface area contributed by atoms with Gasteiger partial charge in [-0.2, -0.15) is 5.10 Å². The number of aromatic nitrogens is 2. The number of nitrogens with one attached hydrogen (secondary N) is 1. The molecule has 1 aliphatic rings. The fourth-order valence-corrected chi connectivity index (χ4v) is 2.19. The maximum atomic E-state index is 10.5. The van der Waals surface area contributed by atoms with E-state index in [9.17, 15) is 5.11 Å². The van der Waals surface area contributed by atoms with Crippen LogP contribution in [0.2, 0.25) is 0 Å². The zero-order valence-electron chi connectivity index (χ0n) is 9.40. The number of aliphatic hydroxyl groups is 1. The molecule has 0 bridgehead atoms. The summed E-state index contributed by atoms with van der Waals surface area (Å²) < 4.78 is 1.78.